The van der Waals surface area contributed by atoms with Crippen molar-refractivity contribution in [3.63, 3.8) is 0 Å². The van der Waals surface area contributed by atoms with Crippen LogP contribution in [0.1, 0.15) is 58.2 Å². The largest absolute Gasteiger partial charge is 0.327 e. The third-order valence-corrected chi connectivity index (χ3v) is 7.05. The summed E-state index contributed by atoms with van der Waals surface area (Å²) in [5.74, 6) is 1.96. The summed E-state index contributed by atoms with van der Waals surface area (Å²) in [5.41, 5.74) is 3.40. The fourth-order valence-corrected chi connectivity index (χ4v) is 5.24. The van der Waals surface area contributed by atoms with E-state index in [1.165, 1.54) is 48.3 Å². The molecule has 1 aliphatic carbocycles. The van der Waals surface area contributed by atoms with Crippen LogP contribution in [-0.2, 0) is 12.0 Å². The van der Waals surface area contributed by atoms with E-state index in [4.69, 9.17) is 4.98 Å². The van der Waals surface area contributed by atoms with E-state index in [1.807, 2.05) is 12.1 Å². The van der Waals surface area contributed by atoms with Crippen LogP contribution >= 0.6 is 11.9 Å². The van der Waals surface area contributed by atoms with Gasteiger partial charge in [-0.05, 0) is 67.5 Å². The number of hydrogen-bond acceptors (Lipinski definition) is 3. The first-order valence-corrected chi connectivity index (χ1v) is 12.0. The average Bonchev–Trinajstić information content (AvgIpc) is 3.12. The fourth-order valence-electron chi connectivity index (χ4n) is 4.58. The van der Waals surface area contributed by atoms with Gasteiger partial charge in [0.05, 0.1) is 11.0 Å². The van der Waals surface area contributed by atoms with Crippen molar-refractivity contribution < 1.29 is 0 Å². The molecule has 0 aliphatic heterocycles. The van der Waals surface area contributed by atoms with E-state index in [1.54, 1.807) is 11.9 Å². The smallest absolute Gasteiger partial charge is 0.115 e. The summed E-state index contributed by atoms with van der Waals surface area (Å²) in [7, 11) is 0. The highest BCUT2D eigenvalue weighted by Gasteiger charge is 2.28. The maximum absolute atomic E-state index is 5.15. The minimum atomic E-state index is -0.0260. The zero-order valence-electron chi connectivity index (χ0n) is 18.2. The minimum absolute atomic E-state index is 0.0260. The van der Waals surface area contributed by atoms with Gasteiger partial charge in [-0.3, -0.25) is 0 Å². The molecule has 1 aliphatic rings. The first kappa shape index (κ1) is 21.0. The van der Waals surface area contributed by atoms with Gasteiger partial charge in [0.2, 0.25) is 0 Å². The zero-order valence-corrected chi connectivity index (χ0v) is 19.0. The molecule has 0 bridgehead atoms. The summed E-state index contributed by atoms with van der Waals surface area (Å²) in [6.45, 7) is 9.65. The molecule has 0 saturated heterocycles. The molecule has 4 heteroatoms. The Bertz CT molecular complexity index is 984. The fraction of sp³-hybridized carbons (Fsp3) is 0.423. The minimum Gasteiger partial charge on any atom is -0.327 e. The summed E-state index contributed by atoms with van der Waals surface area (Å²) in [6, 6.07) is 17.0. The van der Waals surface area contributed by atoms with E-state index < -0.39 is 0 Å². The molecule has 1 fully saturated rings. The number of nitrogens with one attached hydrogen (secondary N) is 1. The molecule has 3 aromatic rings. The van der Waals surface area contributed by atoms with Gasteiger partial charge < -0.3 is 9.29 Å². The van der Waals surface area contributed by atoms with Gasteiger partial charge >= 0.3 is 0 Å². The first-order valence-electron chi connectivity index (χ1n) is 11.2. The number of allylic oxidation sites excluding steroid dienone is 1. The molecule has 1 saturated carbocycles. The molecule has 2 aromatic carbocycles. The molecule has 1 N–H and O–H groups in total. The lowest BCUT2D eigenvalue weighted by molar-refractivity contribution is 0.311. The van der Waals surface area contributed by atoms with Crippen molar-refractivity contribution in [2.24, 2.45) is 5.92 Å². The lowest BCUT2D eigenvalue weighted by Gasteiger charge is -2.28. The Hall–Kier alpha value is -2.20. The van der Waals surface area contributed by atoms with Crippen molar-refractivity contribution in [2.75, 3.05) is 4.72 Å². The lowest BCUT2D eigenvalue weighted by Crippen LogP contribution is -2.25. The number of benzene rings is 2. The van der Waals surface area contributed by atoms with Crippen molar-refractivity contribution in [2.45, 2.75) is 69.2 Å². The van der Waals surface area contributed by atoms with Crippen molar-refractivity contribution in [1.82, 2.24) is 9.55 Å². The van der Waals surface area contributed by atoms with Crippen LogP contribution in [0, 0.1) is 5.92 Å². The molecule has 3 nitrogen and oxygen atoms in total. The number of anilines is 1. The monoisotopic (exact) mass is 419 g/mol. The SMILES string of the molecule is C=CCC(C)(C)c1nc2cc(NSc3ccccc3)ccc2n1CC1CCCCC1. The predicted molar refractivity (Wildman–Crippen MR) is 130 cm³/mol. The summed E-state index contributed by atoms with van der Waals surface area (Å²) in [6.07, 6.45) is 9.76. The molecule has 0 spiro atoms. The summed E-state index contributed by atoms with van der Waals surface area (Å²) in [5, 5.41) is 0. The van der Waals surface area contributed by atoms with Gasteiger partial charge in [-0.15, -0.1) is 6.58 Å². The molecule has 4 rings (SSSR count). The number of fused-ring (bicyclic) bond motifs is 1. The molecule has 158 valence electrons. The van der Waals surface area contributed by atoms with Crippen molar-refractivity contribution in [3.8, 4) is 0 Å². The van der Waals surface area contributed by atoms with Gasteiger partial charge in [-0.1, -0.05) is 57.4 Å². The van der Waals surface area contributed by atoms with E-state index in [9.17, 15) is 0 Å². The van der Waals surface area contributed by atoms with Gasteiger partial charge in [0.1, 0.15) is 5.82 Å². The van der Waals surface area contributed by atoms with Gasteiger partial charge in [0.25, 0.3) is 0 Å². The third kappa shape index (κ3) is 4.75. The molecule has 1 aromatic heterocycles. The Morgan fingerprint density at radius 2 is 1.90 bits per heavy atom. The Labute approximate surface area is 185 Å². The molecular formula is C26H33N3S. The van der Waals surface area contributed by atoms with Gasteiger partial charge in [-0.25, -0.2) is 4.98 Å². The number of rotatable bonds is 8. The van der Waals surface area contributed by atoms with E-state index >= 15 is 0 Å². The number of imidazole rings is 1. The highest BCUT2D eigenvalue weighted by atomic mass is 32.2. The van der Waals surface area contributed by atoms with Crippen LogP contribution in [0.5, 0.6) is 0 Å². The van der Waals surface area contributed by atoms with E-state index in [-0.39, 0.29) is 5.41 Å². The lowest BCUT2D eigenvalue weighted by atomic mass is 9.86. The topological polar surface area (TPSA) is 29.9 Å². The zero-order chi connectivity index (χ0) is 21.0. The Morgan fingerprint density at radius 1 is 1.13 bits per heavy atom. The second-order valence-corrected chi connectivity index (χ2v) is 10.0. The maximum atomic E-state index is 5.15. The van der Waals surface area contributed by atoms with Crippen LogP contribution in [0.2, 0.25) is 0 Å². The standard InChI is InChI=1S/C26H33N3S/c1-4-17-26(2,3)25-27-23-18-21(28-30-22-13-9-6-10-14-22)15-16-24(23)29(25)19-20-11-7-5-8-12-20/h4,6,9-10,13-16,18,20,28H,1,5,7-8,11-12,17,19H2,2-3H3. The average molecular weight is 420 g/mol. The summed E-state index contributed by atoms with van der Waals surface area (Å²) in [4.78, 5) is 6.35. The number of aromatic nitrogens is 2. The summed E-state index contributed by atoms with van der Waals surface area (Å²) >= 11 is 1.64. The first-order chi connectivity index (χ1) is 14.6. The quantitative estimate of drug-likeness (QED) is 0.301. The predicted octanol–water partition coefficient (Wildman–Crippen LogP) is 7.59. The van der Waals surface area contributed by atoms with Crippen molar-refractivity contribution in [3.05, 3.63) is 67.0 Å². The van der Waals surface area contributed by atoms with Crippen molar-refractivity contribution >= 4 is 28.7 Å². The van der Waals surface area contributed by atoms with Crippen LogP contribution < -0.4 is 4.72 Å². The molecule has 0 atom stereocenters. The number of nitrogens with zero attached hydrogens (tertiary/aromatic N) is 2. The van der Waals surface area contributed by atoms with E-state index in [2.05, 4.69) is 72.2 Å². The molecule has 0 radical (unpaired) electrons. The van der Waals surface area contributed by atoms with Gasteiger partial charge in [0.15, 0.2) is 0 Å². The summed E-state index contributed by atoms with van der Waals surface area (Å²) < 4.78 is 5.98. The Morgan fingerprint density at radius 3 is 2.63 bits per heavy atom. The Balaban J connectivity index is 1.65. The molecule has 0 unspecified atom stereocenters. The van der Waals surface area contributed by atoms with Crippen LogP contribution in [0.3, 0.4) is 0 Å². The van der Waals surface area contributed by atoms with E-state index in [0.717, 1.165) is 30.1 Å². The van der Waals surface area contributed by atoms with Crippen LogP contribution in [0.15, 0.2) is 66.1 Å². The normalized spacial score (nSPS) is 15.4. The molecule has 0 amide bonds. The van der Waals surface area contributed by atoms with Gasteiger partial charge in [0, 0.05) is 22.5 Å². The molecule has 30 heavy (non-hydrogen) atoms. The molecular weight excluding hydrogens is 386 g/mol. The van der Waals surface area contributed by atoms with Crippen LogP contribution in [-0.4, -0.2) is 9.55 Å². The van der Waals surface area contributed by atoms with Crippen LogP contribution in [0.25, 0.3) is 11.0 Å². The van der Waals surface area contributed by atoms with Crippen LogP contribution in [0.4, 0.5) is 5.69 Å². The highest BCUT2D eigenvalue weighted by molar-refractivity contribution is 8.00. The second-order valence-electron chi connectivity index (χ2n) is 9.15. The van der Waals surface area contributed by atoms with Crippen molar-refractivity contribution in [1.29, 1.82) is 0 Å². The second kappa shape index (κ2) is 9.30. The third-order valence-electron chi connectivity index (χ3n) is 6.20. The van der Waals surface area contributed by atoms with E-state index in [0.29, 0.717) is 0 Å². The molecule has 1 heterocycles. The highest BCUT2D eigenvalue weighted by Crippen LogP contribution is 2.34. The van der Waals surface area contributed by atoms with Gasteiger partial charge in [-0.2, -0.15) is 0 Å². The Kier molecular flexibility index (Phi) is 6.52. The number of hydrogen-bond donors (Lipinski definition) is 1. The maximum Gasteiger partial charge on any atom is 0.115 e.